The number of hydrogen-bond donors (Lipinski definition) is 0. The summed E-state index contributed by atoms with van der Waals surface area (Å²) >= 11 is 9.56. The first-order valence-corrected chi connectivity index (χ1v) is 6.98. The normalized spacial score (nSPS) is 11.0. The van der Waals surface area contributed by atoms with Gasteiger partial charge in [-0.15, -0.1) is 0 Å². The van der Waals surface area contributed by atoms with Gasteiger partial charge >= 0.3 is 0 Å². The minimum Gasteiger partial charge on any atom is -0.488 e. The van der Waals surface area contributed by atoms with E-state index in [1.807, 2.05) is 33.2 Å². The van der Waals surface area contributed by atoms with Crippen molar-refractivity contribution >= 4 is 27.5 Å². The summed E-state index contributed by atoms with van der Waals surface area (Å²) < 4.78 is 11.9. The monoisotopic (exact) mass is 335 g/mol. The van der Waals surface area contributed by atoms with Crippen molar-refractivity contribution in [3.63, 3.8) is 0 Å². The van der Waals surface area contributed by atoms with Crippen molar-refractivity contribution in [3.8, 4) is 5.75 Å². The Morgan fingerprint density at radius 1 is 1.22 bits per heavy atom. The Morgan fingerprint density at radius 3 is 2.56 bits per heavy atom. The SMILES string of the molecule is Cc1cc(Cl)c(OCCOCCN(C)C)c(Br)c1. The highest BCUT2D eigenvalue weighted by Gasteiger charge is 2.07. The van der Waals surface area contributed by atoms with Crippen LogP contribution >= 0.6 is 27.5 Å². The number of halogens is 2. The molecule has 0 aliphatic heterocycles. The van der Waals surface area contributed by atoms with Crippen LogP contribution in [0.15, 0.2) is 16.6 Å². The summed E-state index contributed by atoms with van der Waals surface area (Å²) in [5, 5.41) is 0.621. The maximum absolute atomic E-state index is 6.11. The molecule has 0 radical (unpaired) electrons. The molecular formula is C13H19BrClNO2. The van der Waals surface area contributed by atoms with Crippen LogP contribution in [0.3, 0.4) is 0 Å². The number of hydrogen-bond acceptors (Lipinski definition) is 3. The van der Waals surface area contributed by atoms with E-state index in [-0.39, 0.29) is 0 Å². The molecule has 0 unspecified atom stereocenters. The zero-order valence-electron chi connectivity index (χ0n) is 11.0. The van der Waals surface area contributed by atoms with Crippen LogP contribution in [0.1, 0.15) is 5.56 Å². The maximum atomic E-state index is 6.11. The van der Waals surface area contributed by atoms with Crippen molar-refractivity contribution in [1.82, 2.24) is 4.90 Å². The fraction of sp³-hybridized carbons (Fsp3) is 0.538. The third-order valence-corrected chi connectivity index (χ3v) is 3.17. The van der Waals surface area contributed by atoms with Crippen molar-refractivity contribution < 1.29 is 9.47 Å². The Kier molecular flexibility index (Phi) is 7.00. The number of benzene rings is 1. The van der Waals surface area contributed by atoms with Gasteiger partial charge in [0.15, 0.2) is 5.75 Å². The molecule has 5 heteroatoms. The minimum absolute atomic E-state index is 0.495. The van der Waals surface area contributed by atoms with Gasteiger partial charge in [0.1, 0.15) is 6.61 Å². The van der Waals surface area contributed by atoms with Crippen LogP contribution in [-0.2, 0) is 4.74 Å². The molecule has 0 fully saturated rings. The van der Waals surface area contributed by atoms with Crippen LogP contribution in [0.2, 0.25) is 5.02 Å². The number of likely N-dealkylation sites (N-methyl/N-ethyl adjacent to an activating group) is 1. The third kappa shape index (κ3) is 5.57. The molecule has 0 atom stereocenters. The summed E-state index contributed by atoms with van der Waals surface area (Å²) in [6.07, 6.45) is 0. The van der Waals surface area contributed by atoms with E-state index in [0.29, 0.717) is 30.6 Å². The van der Waals surface area contributed by atoms with Gasteiger partial charge in [-0.25, -0.2) is 0 Å². The lowest BCUT2D eigenvalue weighted by Gasteiger charge is -2.12. The van der Waals surface area contributed by atoms with Crippen LogP contribution in [-0.4, -0.2) is 45.4 Å². The fourth-order valence-electron chi connectivity index (χ4n) is 1.38. The average Bonchev–Trinajstić information content (AvgIpc) is 2.25. The predicted molar refractivity (Wildman–Crippen MR) is 78.8 cm³/mol. The van der Waals surface area contributed by atoms with E-state index < -0.39 is 0 Å². The molecule has 3 nitrogen and oxygen atoms in total. The third-order valence-electron chi connectivity index (χ3n) is 2.30. The molecule has 102 valence electrons. The molecule has 18 heavy (non-hydrogen) atoms. The van der Waals surface area contributed by atoms with Gasteiger partial charge in [0.2, 0.25) is 0 Å². The quantitative estimate of drug-likeness (QED) is 0.713. The van der Waals surface area contributed by atoms with Gasteiger partial charge in [0.05, 0.1) is 22.7 Å². The van der Waals surface area contributed by atoms with Crippen LogP contribution in [0.4, 0.5) is 0 Å². The number of rotatable bonds is 7. The van der Waals surface area contributed by atoms with Gasteiger partial charge < -0.3 is 14.4 Å². The minimum atomic E-state index is 0.495. The Morgan fingerprint density at radius 2 is 1.94 bits per heavy atom. The molecule has 0 N–H and O–H groups in total. The number of ether oxygens (including phenoxy) is 2. The molecule has 0 bridgehead atoms. The molecule has 0 aliphatic carbocycles. The van der Waals surface area contributed by atoms with Gasteiger partial charge in [-0.05, 0) is 54.6 Å². The molecule has 0 heterocycles. The van der Waals surface area contributed by atoms with Crippen LogP contribution in [0, 0.1) is 6.92 Å². The number of nitrogens with zero attached hydrogens (tertiary/aromatic N) is 1. The first-order chi connectivity index (χ1) is 8.50. The average molecular weight is 337 g/mol. The number of aryl methyl sites for hydroxylation is 1. The van der Waals surface area contributed by atoms with E-state index in [1.165, 1.54) is 0 Å². The molecular weight excluding hydrogens is 318 g/mol. The van der Waals surface area contributed by atoms with Crippen molar-refractivity contribution in [3.05, 3.63) is 27.2 Å². The summed E-state index contributed by atoms with van der Waals surface area (Å²) in [7, 11) is 4.03. The molecule has 1 aromatic rings. The lowest BCUT2D eigenvalue weighted by Crippen LogP contribution is -2.19. The summed E-state index contributed by atoms with van der Waals surface area (Å²) in [6, 6.07) is 3.86. The summed E-state index contributed by atoms with van der Waals surface area (Å²) in [5.74, 6) is 0.679. The molecule has 0 aromatic heterocycles. The van der Waals surface area contributed by atoms with E-state index in [4.69, 9.17) is 21.1 Å². The predicted octanol–water partition coefficient (Wildman–Crippen LogP) is 3.37. The molecule has 0 spiro atoms. The Balaban J connectivity index is 2.31. The van der Waals surface area contributed by atoms with Crippen molar-refractivity contribution in [2.45, 2.75) is 6.92 Å². The second-order valence-electron chi connectivity index (χ2n) is 4.32. The highest BCUT2D eigenvalue weighted by molar-refractivity contribution is 9.10. The van der Waals surface area contributed by atoms with E-state index in [9.17, 15) is 0 Å². The Hall–Kier alpha value is -0.290. The molecule has 1 rings (SSSR count). The Bertz CT molecular complexity index is 362. The van der Waals surface area contributed by atoms with Crippen molar-refractivity contribution in [2.24, 2.45) is 0 Å². The molecule has 0 saturated heterocycles. The van der Waals surface area contributed by atoms with Gasteiger partial charge in [0.25, 0.3) is 0 Å². The van der Waals surface area contributed by atoms with Gasteiger partial charge in [-0.3, -0.25) is 0 Å². The van der Waals surface area contributed by atoms with E-state index >= 15 is 0 Å². The summed E-state index contributed by atoms with van der Waals surface area (Å²) in [4.78, 5) is 2.08. The largest absolute Gasteiger partial charge is 0.488 e. The highest BCUT2D eigenvalue weighted by Crippen LogP contribution is 2.34. The Labute approximate surface area is 122 Å². The van der Waals surface area contributed by atoms with Crippen LogP contribution in [0.25, 0.3) is 0 Å². The molecule has 0 saturated carbocycles. The van der Waals surface area contributed by atoms with Gasteiger partial charge in [-0.1, -0.05) is 11.6 Å². The molecule has 0 amide bonds. The summed E-state index contributed by atoms with van der Waals surface area (Å²) in [6.45, 7) is 4.66. The van der Waals surface area contributed by atoms with Crippen molar-refractivity contribution in [1.29, 1.82) is 0 Å². The topological polar surface area (TPSA) is 21.7 Å². The second kappa shape index (κ2) is 8.00. The fourth-order valence-corrected chi connectivity index (χ4v) is 2.51. The molecule has 0 aliphatic rings. The van der Waals surface area contributed by atoms with E-state index in [2.05, 4.69) is 20.8 Å². The zero-order chi connectivity index (χ0) is 13.5. The lowest BCUT2D eigenvalue weighted by atomic mass is 10.2. The maximum Gasteiger partial charge on any atom is 0.152 e. The smallest absolute Gasteiger partial charge is 0.152 e. The van der Waals surface area contributed by atoms with E-state index in [1.54, 1.807) is 0 Å². The van der Waals surface area contributed by atoms with Gasteiger partial charge in [-0.2, -0.15) is 0 Å². The lowest BCUT2D eigenvalue weighted by molar-refractivity contribution is 0.0888. The van der Waals surface area contributed by atoms with Crippen LogP contribution < -0.4 is 4.74 Å². The second-order valence-corrected chi connectivity index (χ2v) is 5.58. The standard InChI is InChI=1S/C13H19BrClNO2/c1-10-8-11(14)13(12(15)9-10)18-7-6-17-5-4-16(2)3/h8-9H,4-7H2,1-3H3. The first-order valence-electron chi connectivity index (χ1n) is 5.81. The first kappa shape index (κ1) is 15.8. The zero-order valence-corrected chi connectivity index (χ0v) is 13.3. The highest BCUT2D eigenvalue weighted by atomic mass is 79.9. The van der Waals surface area contributed by atoms with Crippen LogP contribution in [0.5, 0.6) is 5.75 Å². The van der Waals surface area contributed by atoms with Gasteiger partial charge in [0, 0.05) is 6.54 Å². The molecule has 1 aromatic carbocycles. The van der Waals surface area contributed by atoms with E-state index in [0.717, 1.165) is 16.6 Å². The van der Waals surface area contributed by atoms with Crippen molar-refractivity contribution in [2.75, 3.05) is 40.5 Å². The summed E-state index contributed by atoms with van der Waals surface area (Å²) in [5.41, 5.74) is 1.10.